The smallest absolute Gasteiger partial charge is 0.275 e. The zero-order valence-corrected chi connectivity index (χ0v) is 16.8. The molecule has 0 bridgehead atoms. The van der Waals surface area contributed by atoms with E-state index in [1.54, 1.807) is 36.4 Å². The fraction of sp³-hybridized carbons (Fsp3) is 0.182. The standard InChI is InChI=1S/C22H18N4O3S/c27-19-12-17(24-22-26(19)25-21(30-22)15-6-7-15)13-29-18-10-8-16(9-11-18)23-20(28)14-4-2-1-3-5-14/h1-5,8-12,15H,6-7,13H2,(H,23,28). The van der Waals surface area contributed by atoms with Crippen LogP contribution >= 0.6 is 11.3 Å². The number of nitrogens with one attached hydrogen (secondary N) is 1. The Bertz CT molecular complexity index is 1260. The highest BCUT2D eigenvalue weighted by atomic mass is 32.1. The zero-order chi connectivity index (χ0) is 20.5. The van der Waals surface area contributed by atoms with Crippen molar-refractivity contribution in [2.75, 3.05) is 5.32 Å². The first kappa shape index (κ1) is 18.5. The van der Waals surface area contributed by atoms with E-state index in [1.165, 1.54) is 21.9 Å². The normalized spacial score (nSPS) is 13.3. The third-order valence-corrected chi connectivity index (χ3v) is 5.85. The SMILES string of the molecule is O=C(Nc1ccc(OCc2cc(=O)n3nc(C4CC4)sc3n2)cc1)c1ccccc1. The molecule has 0 atom stereocenters. The van der Waals surface area contributed by atoms with E-state index in [4.69, 9.17) is 4.74 Å². The van der Waals surface area contributed by atoms with Gasteiger partial charge in [-0.1, -0.05) is 29.5 Å². The number of fused-ring (bicyclic) bond motifs is 1. The zero-order valence-electron chi connectivity index (χ0n) is 15.9. The van der Waals surface area contributed by atoms with Crippen molar-refractivity contribution in [3.63, 3.8) is 0 Å². The quantitative estimate of drug-likeness (QED) is 0.514. The monoisotopic (exact) mass is 418 g/mol. The van der Waals surface area contributed by atoms with Gasteiger partial charge in [-0.15, -0.1) is 0 Å². The molecule has 2 heterocycles. The minimum Gasteiger partial charge on any atom is -0.487 e. The molecule has 1 N–H and O–H groups in total. The Hall–Kier alpha value is -3.52. The molecule has 0 aliphatic heterocycles. The summed E-state index contributed by atoms with van der Waals surface area (Å²) in [7, 11) is 0. The Morgan fingerprint density at radius 1 is 1.13 bits per heavy atom. The van der Waals surface area contributed by atoms with Gasteiger partial charge in [-0.05, 0) is 49.2 Å². The van der Waals surface area contributed by atoms with Crippen LogP contribution in [0.4, 0.5) is 5.69 Å². The summed E-state index contributed by atoms with van der Waals surface area (Å²) in [5.41, 5.74) is 1.64. The maximum atomic E-state index is 12.3. The fourth-order valence-corrected chi connectivity index (χ4v) is 4.12. The first-order valence-corrected chi connectivity index (χ1v) is 10.5. The van der Waals surface area contributed by atoms with Gasteiger partial charge >= 0.3 is 0 Å². The van der Waals surface area contributed by atoms with Gasteiger partial charge in [0.1, 0.15) is 17.4 Å². The third kappa shape index (κ3) is 3.95. The van der Waals surface area contributed by atoms with Crippen LogP contribution in [-0.2, 0) is 6.61 Å². The Balaban J connectivity index is 1.24. The number of benzene rings is 2. The number of hydrogen-bond acceptors (Lipinski definition) is 6. The van der Waals surface area contributed by atoms with Crippen molar-refractivity contribution in [2.24, 2.45) is 0 Å². The molecule has 4 aromatic rings. The van der Waals surface area contributed by atoms with Crippen molar-refractivity contribution in [1.29, 1.82) is 0 Å². The van der Waals surface area contributed by atoms with Crippen molar-refractivity contribution < 1.29 is 9.53 Å². The van der Waals surface area contributed by atoms with Gasteiger partial charge in [0, 0.05) is 23.2 Å². The van der Waals surface area contributed by atoms with Gasteiger partial charge in [0.2, 0.25) is 4.96 Å². The van der Waals surface area contributed by atoms with Crippen LogP contribution in [0.25, 0.3) is 4.96 Å². The topological polar surface area (TPSA) is 85.6 Å². The van der Waals surface area contributed by atoms with E-state index in [1.807, 2.05) is 18.2 Å². The molecule has 150 valence electrons. The molecule has 7 nitrogen and oxygen atoms in total. The van der Waals surface area contributed by atoms with Gasteiger partial charge in [0.25, 0.3) is 11.5 Å². The van der Waals surface area contributed by atoms with E-state index in [0.29, 0.717) is 33.6 Å². The summed E-state index contributed by atoms with van der Waals surface area (Å²) >= 11 is 1.47. The predicted molar refractivity (Wildman–Crippen MR) is 114 cm³/mol. The molecule has 2 aromatic carbocycles. The minimum atomic E-state index is -0.194. The number of carbonyl (C=O) groups is 1. The summed E-state index contributed by atoms with van der Waals surface area (Å²) in [5, 5.41) is 8.20. The molecular formula is C22H18N4O3S. The predicted octanol–water partition coefficient (Wildman–Crippen LogP) is 3.86. The molecule has 30 heavy (non-hydrogen) atoms. The molecule has 1 amide bonds. The molecule has 0 spiro atoms. The molecular weight excluding hydrogens is 400 g/mol. The Morgan fingerprint density at radius 2 is 1.90 bits per heavy atom. The van der Waals surface area contributed by atoms with Crippen molar-refractivity contribution in [2.45, 2.75) is 25.4 Å². The first-order chi connectivity index (χ1) is 14.7. The van der Waals surface area contributed by atoms with Crippen LogP contribution in [0.15, 0.2) is 65.5 Å². The number of aromatic nitrogens is 3. The van der Waals surface area contributed by atoms with Gasteiger partial charge in [0.05, 0.1) is 5.69 Å². The van der Waals surface area contributed by atoms with Gasteiger partial charge in [-0.2, -0.15) is 9.61 Å². The highest BCUT2D eigenvalue weighted by Gasteiger charge is 2.28. The van der Waals surface area contributed by atoms with E-state index >= 15 is 0 Å². The number of hydrogen-bond donors (Lipinski definition) is 1. The van der Waals surface area contributed by atoms with Crippen LogP contribution in [-0.4, -0.2) is 20.5 Å². The molecule has 1 saturated carbocycles. The lowest BCUT2D eigenvalue weighted by molar-refractivity contribution is 0.102. The van der Waals surface area contributed by atoms with Crippen molar-refractivity contribution in [3.05, 3.63) is 87.3 Å². The summed E-state index contributed by atoms with van der Waals surface area (Å²) in [6.45, 7) is 0.179. The number of amides is 1. The lowest BCUT2D eigenvalue weighted by atomic mass is 10.2. The van der Waals surface area contributed by atoms with Crippen LogP contribution in [0, 0.1) is 0 Å². The Kier molecular flexibility index (Phi) is 4.76. The van der Waals surface area contributed by atoms with E-state index in [2.05, 4.69) is 15.4 Å². The van der Waals surface area contributed by atoms with E-state index < -0.39 is 0 Å². The number of rotatable bonds is 6. The Morgan fingerprint density at radius 3 is 2.63 bits per heavy atom. The summed E-state index contributed by atoms with van der Waals surface area (Å²) in [6, 6.07) is 17.6. The number of anilines is 1. The largest absolute Gasteiger partial charge is 0.487 e. The minimum absolute atomic E-state index is 0.169. The van der Waals surface area contributed by atoms with E-state index in [9.17, 15) is 9.59 Å². The maximum absolute atomic E-state index is 12.3. The Labute approximate surface area is 176 Å². The molecule has 0 unspecified atom stereocenters. The number of ether oxygens (including phenoxy) is 1. The second-order valence-electron chi connectivity index (χ2n) is 7.13. The van der Waals surface area contributed by atoms with Crippen LogP contribution in [0.2, 0.25) is 0 Å². The highest BCUT2D eigenvalue weighted by Crippen LogP contribution is 2.41. The van der Waals surface area contributed by atoms with Crippen molar-refractivity contribution in [1.82, 2.24) is 14.6 Å². The van der Waals surface area contributed by atoms with E-state index in [-0.39, 0.29) is 18.1 Å². The lowest BCUT2D eigenvalue weighted by Gasteiger charge is -2.08. The fourth-order valence-electron chi connectivity index (χ4n) is 3.02. The van der Waals surface area contributed by atoms with Gasteiger partial charge < -0.3 is 10.1 Å². The van der Waals surface area contributed by atoms with Crippen LogP contribution < -0.4 is 15.6 Å². The molecule has 0 radical (unpaired) electrons. The summed E-state index contributed by atoms with van der Waals surface area (Å²) < 4.78 is 7.14. The van der Waals surface area contributed by atoms with Crippen molar-refractivity contribution in [3.8, 4) is 5.75 Å². The first-order valence-electron chi connectivity index (χ1n) is 9.65. The second kappa shape index (κ2) is 7.72. The number of nitrogens with zero attached hydrogens (tertiary/aromatic N) is 3. The summed E-state index contributed by atoms with van der Waals surface area (Å²) in [5.74, 6) is 0.937. The lowest BCUT2D eigenvalue weighted by Crippen LogP contribution is -2.16. The molecule has 1 aliphatic carbocycles. The number of carbonyl (C=O) groups excluding carboxylic acids is 1. The molecule has 1 aliphatic rings. The highest BCUT2D eigenvalue weighted by molar-refractivity contribution is 7.16. The van der Waals surface area contributed by atoms with Gasteiger partial charge in [-0.25, -0.2) is 4.98 Å². The average molecular weight is 418 g/mol. The second-order valence-corrected chi connectivity index (χ2v) is 8.12. The molecule has 8 heteroatoms. The third-order valence-electron chi connectivity index (χ3n) is 4.78. The van der Waals surface area contributed by atoms with Crippen LogP contribution in [0.3, 0.4) is 0 Å². The molecule has 1 fully saturated rings. The molecule has 0 saturated heterocycles. The summed E-state index contributed by atoms with van der Waals surface area (Å²) in [6.07, 6.45) is 2.26. The summed E-state index contributed by atoms with van der Waals surface area (Å²) in [4.78, 5) is 29.6. The molecule has 2 aromatic heterocycles. The van der Waals surface area contributed by atoms with E-state index in [0.717, 1.165) is 17.8 Å². The van der Waals surface area contributed by atoms with Crippen LogP contribution in [0.1, 0.15) is 39.8 Å². The molecule has 5 rings (SSSR count). The van der Waals surface area contributed by atoms with Crippen molar-refractivity contribution >= 4 is 27.9 Å². The van der Waals surface area contributed by atoms with Crippen LogP contribution in [0.5, 0.6) is 5.75 Å². The average Bonchev–Trinajstić information content (AvgIpc) is 3.53. The maximum Gasteiger partial charge on any atom is 0.275 e. The van der Waals surface area contributed by atoms with Gasteiger partial charge in [-0.3, -0.25) is 9.59 Å². The van der Waals surface area contributed by atoms with Gasteiger partial charge in [0.15, 0.2) is 0 Å².